The van der Waals surface area contributed by atoms with Crippen molar-refractivity contribution in [3.8, 4) is 5.75 Å². The number of nitrogens with zero attached hydrogens (tertiary/aromatic N) is 1. The van der Waals surface area contributed by atoms with Crippen LogP contribution in [0.5, 0.6) is 5.75 Å². The highest BCUT2D eigenvalue weighted by Crippen LogP contribution is 2.14. The van der Waals surface area contributed by atoms with E-state index in [2.05, 4.69) is 16.0 Å². The predicted octanol–water partition coefficient (Wildman–Crippen LogP) is 2.54. The Balaban J connectivity index is 1.54. The molecule has 0 saturated carbocycles. The van der Waals surface area contributed by atoms with Gasteiger partial charge in [0, 0.05) is 0 Å². The summed E-state index contributed by atoms with van der Waals surface area (Å²) in [4.78, 5) is 24.1. The summed E-state index contributed by atoms with van der Waals surface area (Å²) in [6.07, 6.45) is 0. The smallest absolute Gasteiger partial charge is 0.305 e. The molecule has 0 spiro atoms. The molecule has 0 aliphatic carbocycles. The Morgan fingerprint density at radius 1 is 1.04 bits per heavy atom. The quantitative estimate of drug-likeness (QED) is 0.681. The number of benzene rings is 1. The van der Waals surface area contributed by atoms with Gasteiger partial charge in [0.05, 0.1) is 5.69 Å². The number of carbonyl (C=O) groups is 2. The highest BCUT2D eigenvalue weighted by atomic mass is 16.5. The Labute approximate surface area is 149 Å². The molecule has 0 radical (unpaired) electrons. The first-order chi connectivity index (χ1) is 12.5. The lowest BCUT2D eigenvalue weighted by atomic mass is 10.2. The number of aryl methyl sites for hydroxylation is 2. The zero-order chi connectivity index (χ0) is 18.5. The van der Waals surface area contributed by atoms with Gasteiger partial charge in [0.2, 0.25) is 0 Å². The molecule has 8 heteroatoms. The van der Waals surface area contributed by atoms with Crippen molar-refractivity contribution in [3.63, 3.8) is 0 Å². The molecule has 0 saturated heterocycles. The van der Waals surface area contributed by atoms with Gasteiger partial charge in [-0.15, -0.1) is 0 Å². The molecule has 134 valence electrons. The molecule has 8 nitrogen and oxygen atoms in total. The Kier molecular flexibility index (Phi) is 5.02. The standard InChI is InChI=1S/C18H17N3O5/c1-11-16(12(2)26-21-11)18(23)20-19-17(22)15-9-8-14(25-15)10-24-13-6-4-3-5-7-13/h3-9H,10H2,1-2H3,(H,19,22)(H,20,23). The molecule has 3 rings (SSSR count). The summed E-state index contributed by atoms with van der Waals surface area (Å²) >= 11 is 0. The second-order valence-corrected chi connectivity index (χ2v) is 5.48. The van der Waals surface area contributed by atoms with Crippen molar-refractivity contribution in [2.24, 2.45) is 0 Å². The van der Waals surface area contributed by atoms with E-state index in [1.165, 1.54) is 6.07 Å². The van der Waals surface area contributed by atoms with Gasteiger partial charge < -0.3 is 13.7 Å². The number of aromatic nitrogens is 1. The normalized spacial score (nSPS) is 10.4. The first kappa shape index (κ1) is 17.3. The van der Waals surface area contributed by atoms with Crippen LogP contribution in [-0.4, -0.2) is 17.0 Å². The molecule has 0 aliphatic rings. The van der Waals surface area contributed by atoms with Crippen LogP contribution in [0.25, 0.3) is 0 Å². The van der Waals surface area contributed by atoms with Gasteiger partial charge >= 0.3 is 5.91 Å². The van der Waals surface area contributed by atoms with Crippen molar-refractivity contribution < 1.29 is 23.3 Å². The molecule has 2 N–H and O–H groups in total. The molecule has 2 aromatic heterocycles. The Morgan fingerprint density at radius 2 is 1.77 bits per heavy atom. The maximum Gasteiger partial charge on any atom is 0.305 e. The van der Waals surface area contributed by atoms with E-state index in [-0.39, 0.29) is 17.9 Å². The third-order valence-corrected chi connectivity index (χ3v) is 3.56. The number of ether oxygens (including phenoxy) is 1. The summed E-state index contributed by atoms with van der Waals surface area (Å²) in [7, 11) is 0. The molecule has 0 unspecified atom stereocenters. The second-order valence-electron chi connectivity index (χ2n) is 5.48. The lowest BCUT2D eigenvalue weighted by Crippen LogP contribution is -2.41. The maximum atomic E-state index is 12.1. The van der Waals surface area contributed by atoms with Crippen molar-refractivity contribution in [1.29, 1.82) is 0 Å². The van der Waals surface area contributed by atoms with E-state index < -0.39 is 11.8 Å². The van der Waals surface area contributed by atoms with Crippen LogP contribution in [0.15, 0.2) is 51.4 Å². The fourth-order valence-corrected chi connectivity index (χ4v) is 2.29. The van der Waals surface area contributed by atoms with Crippen LogP contribution in [0.1, 0.15) is 38.1 Å². The molecule has 26 heavy (non-hydrogen) atoms. The van der Waals surface area contributed by atoms with Crippen molar-refractivity contribution in [1.82, 2.24) is 16.0 Å². The molecular weight excluding hydrogens is 338 g/mol. The van der Waals surface area contributed by atoms with Crippen molar-refractivity contribution in [2.45, 2.75) is 20.5 Å². The van der Waals surface area contributed by atoms with Crippen LogP contribution in [0.4, 0.5) is 0 Å². The molecule has 0 atom stereocenters. The number of hydrogen-bond acceptors (Lipinski definition) is 6. The third kappa shape index (κ3) is 3.92. The summed E-state index contributed by atoms with van der Waals surface area (Å²) < 4.78 is 15.9. The Hall–Kier alpha value is -3.55. The van der Waals surface area contributed by atoms with Crippen LogP contribution in [-0.2, 0) is 6.61 Å². The van der Waals surface area contributed by atoms with E-state index in [4.69, 9.17) is 13.7 Å². The van der Waals surface area contributed by atoms with Gasteiger partial charge in [-0.05, 0) is 38.1 Å². The summed E-state index contributed by atoms with van der Waals surface area (Å²) in [6.45, 7) is 3.43. The third-order valence-electron chi connectivity index (χ3n) is 3.56. The molecule has 3 aromatic rings. The van der Waals surface area contributed by atoms with Gasteiger partial charge in [0.1, 0.15) is 29.4 Å². The van der Waals surface area contributed by atoms with Gasteiger partial charge in [-0.3, -0.25) is 20.4 Å². The van der Waals surface area contributed by atoms with E-state index in [0.717, 1.165) is 0 Å². The minimum Gasteiger partial charge on any atom is -0.486 e. The van der Waals surface area contributed by atoms with E-state index in [9.17, 15) is 9.59 Å². The minimum atomic E-state index is -0.587. The summed E-state index contributed by atoms with van der Waals surface area (Å²) in [5.74, 6) is 0.492. The first-order valence-electron chi connectivity index (χ1n) is 7.84. The zero-order valence-corrected chi connectivity index (χ0v) is 14.2. The van der Waals surface area contributed by atoms with E-state index in [1.807, 2.05) is 30.3 Å². The average molecular weight is 355 g/mol. The monoisotopic (exact) mass is 355 g/mol. The van der Waals surface area contributed by atoms with Gasteiger partial charge in [0.25, 0.3) is 5.91 Å². The number of hydrazine groups is 1. The Morgan fingerprint density at radius 3 is 2.46 bits per heavy atom. The first-order valence-corrected chi connectivity index (χ1v) is 7.84. The SMILES string of the molecule is Cc1noc(C)c1C(=O)NNC(=O)c1ccc(COc2ccccc2)o1. The number of rotatable bonds is 5. The van der Waals surface area contributed by atoms with Crippen LogP contribution in [0.2, 0.25) is 0 Å². The fourth-order valence-electron chi connectivity index (χ4n) is 2.29. The van der Waals surface area contributed by atoms with E-state index >= 15 is 0 Å². The van der Waals surface area contributed by atoms with Gasteiger partial charge in [-0.2, -0.15) is 0 Å². The van der Waals surface area contributed by atoms with E-state index in [1.54, 1.807) is 19.9 Å². The van der Waals surface area contributed by atoms with Crippen LogP contribution < -0.4 is 15.6 Å². The molecular formula is C18H17N3O5. The van der Waals surface area contributed by atoms with Gasteiger partial charge in [-0.1, -0.05) is 23.4 Å². The highest BCUT2D eigenvalue weighted by Gasteiger charge is 2.19. The molecule has 0 aliphatic heterocycles. The average Bonchev–Trinajstić information content (AvgIpc) is 3.25. The number of nitrogens with one attached hydrogen (secondary N) is 2. The Bertz CT molecular complexity index is 895. The predicted molar refractivity (Wildman–Crippen MR) is 90.4 cm³/mol. The van der Waals surface area contributed by atoms with Crippen LogP contribution in [0, 0.1) is 13.8 Å². The van der Waals surface area contributed by atoms with Crippen LogP contribution >= 0.6 is 0 Å². The second kappa shape index (κ2) is 7.56. The van der Waals surface area contributed by atoms with Crippen molar-refractivity contribution >= 4 is 11.8 Å². The van der Waals surface area contributed by atoms with Gasteiger partial charge in [0.15, 0.2) is 5.76 Å². The number of carbonyl (C=O) groups excluding carboxylic acids is 2. The fraction of sp³-hybridized carbons (Fsp3) is 0.167. The molecule has 0 bridgehead atoms. The lowest BCUT2D eigenvalue weighted by Gasteiger charge is -2.05. The zero-order valence-electron chi connectivity index (χ0n) is 14.2. The number of furan rings is 1. The lowest BCUT2D eigenvalue weighted by molar-refractivity contribution is 0.0827. The summed E-state index contributed by atoms with van der Waals surface area (Å²) in [5.41, 5.74) is 5.31. The number of para-hydroxylation sites is 1. The highest BCUT2D eigenvalue weighted by molar-refractivity contribution is 5.99. The molecule has 2 amide bonds. The minimum absolute atomic E-state index is 0.0516. The van der Waals surface area contributed by atoms with Crippen molar-refractivity contribution in [3.05, 3.63) is 71.0 Å². The number of hydrogen-bond donors (Lipinski definition) is 2. The molecule has 1 aromatic carbocycles. The molecule has 2 heterocycles. The van der Waals surface area contributed by atoms with Gasteiger partial charge in [-0.25, -0.2) is 0 Å². The number of amides is 2. The summed E-state index contributed by atoms with van der Waals surface area (Å²) in [6, 6.07) is 12.4. The van der Waals surface area contributed by atoms with Crippen LogP contribution in [0.3, 0.4) is 0 Å². The van der Waals surface area contributed by atoms with E-state index in [0.29, 0.717) is 23.0 Å². The largest absolute Gasteiger partial charge is 0.486 e. The maximum absolute atomic E-state index is 12.1. The molecule has 0 fully saturated rings. The topological polar surface area (TPSA) is 107 Å². The summed E-state index contributed by atoms with van der Waals surface area (Å²) in [5, 5.41) is 3.69. The van der Waals surface area contributed by atoms with Crippen molar-refractivity contribution in [2.75, 3.05) is 0 Å².